The second kappa shape index (κ2) is 7.79. The quantitative estimate of drug-likeness (QED) is 0.762. The van der Waals surface area contributed by atoms with Crippen LogP contribution in [0.4, 0.5) is 13.2 Å². The number of hydrogen-bond donors (Lipinski definition) is 0. The normalized spacial score (nSPS) is 21.5. The number of halogens is 4. The van der Waals surface area contributed by atoms with Gasteiger partial charge in [0.1, 0.15) is 6.04 Å². The average molecular weight is 401 g/mol. The minimum absolute atomic E-state index is 0.0179. The molecule has 1 saturated heterocycles. The van der Waals surface area contributed by atoms with Crippen LogP contribution in [0.25, 0.3) is 0 Å². The fourth-order valence-electron chi connectivity index (χ4n) is 2.79. The highest BCUT2D eigenvalue weighted by Gasteiger charge is 2.50. The van der Waals surface area contributed by atoms with Crippen molar-refractivity contribution in [3.05, 3.63) is 34.9 Å². The second-order valence-corrected chi connectivity index (χ2v) is 8.06. The second-order valence-electron chi connectivity index (χ2n) is 5.75. The fourth-order valence-corrected chi connectivity index (χ4v) is 4.75. The molecule has 142 valence electrons. The molecule has 5 nitrogen and oxygen atoms in total. The van der Waals surface area contributed by atoms with Crippen LogP contribution in [0.2, 0.25) is 5.02 Å². The highest BCUT2D eigenvalue weighted by molar-refractivity contribution is 7.86. The molecule has 1 heterocycles. The summed E-state index contributed by atoms with van der Waals surface area (Å²) in [6.07, 6.45) is -5.14. The summed E-state index contributed by atoms with van der Waals surface area (Å²) in [5, 5.41) is 0.276. The Morgan fingerprint density at radius 2 is 1.96 bits per heavy atom. The zero-order valence-electron chi connectivity index (χ0n) is 13.8. The Hall–Kier alpha value is -0.870. The van der Waals surface area contributed by atoms with E-state index < -0.39 is 22.4 Å². The van der Waals surface area contributed by atoms with E-state index in [1.807, 2.05) is 0 Å². The van der Waals surface area contributed by atoms with Crippen LogP contribution in [0.3, 0.4) is 0 Å². The van der Waals surface area contributed by atoms with E-state index in [1.165, 1.54) is 31.2 Å². The molecule has 25 heavy (non-hydrogen) atoms. The van der Waals surface area contributed by atoms with Gasteiger partial charge < -0.3 is 4.74 Å². The molecule has 1 aromatic rings. The maximum Gasteiger partial charge on any atom is 0.409 e. The van der Waals surface area contributed by atoms with E-state index >= 15 is 0 Å². The van der Waals surface area contributed by atoms with E-state index in [4.69, 9.17) is 16.3 Å². The van der Waals surface area contributed by atoms with Gasteiger partial charge in [-0.25, -0.2) is 0 Å². The highest BCUT2D eigenvalue weighted by Crippen LogP contribution is 2.40. The first kappa shape index (κ1) is 20.4. The van der Waals surface area contributed by atoms with Crippen LogP contribution in [-0.2, 0) is 14.9 Å². The molecule has 1 fully saturated rings. The molecule has 2 rings (SSSR count). The molecule has 0 saturated carbocycles. The van der Waals surface area contributed by atoms with Gasteiger partial charge in [0.25, 0.3) is 10.2 Å². The van der Waals surface area contributed by atoms with E-state index in [0.717, 1.165) is 4.31 Å². The van der Waals surface area contributed by atoms with Gasteiger partial charge in [-0.05, 0) is 24.6 Å². The van der Waals surface area contributed by atoms with Crippen LogP contribution in [0, 0.1) is 0 Å². The van der Waals surface area contributed by atoms with Crippen LogP contribution < -0.4 is 0 Å². The molecule has 0 radical (unpaired) electrons. The number of ether oxygens (including phenoxy) is 1. The summed E-state index contributed by atoms with van der Waals surface area (Å²) in [5.41, 5.74) is -0.177. The van der Waals surface area contributed by atoms with E-state index in [-0.39, 0.29) is 42.9 Å². The summed E-state index contributed by atoms with van der Waals surface area (Å²) in [4.78, 5) is 0. The zero-order valence-corrected chi connectivity index (χ0v) is 15.4. The molecule has 0 aliphatic carbocycles. The molecular weight excluding hydrogens is 381 g/mol. The van der Waals surface area contributed by atoms with Crippen molar-refractivity contribution in [1.29, 1.82) is 0 Å². The molecule has 1 aromatic carbocycles. The molecule has 10 heteroatoms. The van der Waals surface area contributed by atoms with E-state index in [1.54, 1.807) is 6.92 Å². The van der Waals surface area contributed by atoms with Gasteiger partial charge in [0, 0.05) is 24.7 Å². The lowest BCUT2D eigenvalue weighted by molar-refractivity contribution is -0.174. The average Bonchev–Trinajstić information content (AvgIpc) is 2.52. The van der Waals surface area contributed by atoms with Crippen LogP contribution in [-0.4, -0.2) is 55.5 Å². The van der Waals surface area contributed by atoms with Crippen molar-refractivity contribution in [2.45, 2.75) is 32.2 Å². The van der Waals surface area contributed by atoms with Crippen molar-refractivity contribution in [3.63, 3.8) is 0 Å². The Morgan fingerprint density at radius 3 is 2.44 bits per heavy atom. The first-order valence-electron chi connectivity index (χ1n) is 7.78. The molecule has 0 spiro atoms. The number of hydrogen-bond acceptors (Lipinski definition) is 3. The molecule has 0 bridgehead atoms. The van der Waals surface area contributed by atoms with Gasteiger partial charge in [-0.15, -0.1) is 0 Å². The minimum atomic E-state index is -4.77. The number of nitrogens with zero attached hydrogens (tertiary/aromatic N) is 2. The predicted molar refractivity (Wildman–Crippen MR) is 88.5 cm³/mol. The highest BCUT2D eigenvalue weighted by atomic mass is 35.5. The third-order valence-corrected chi connectivity index (χ3v) is 6.22. The third-order valence-electron chi connectivity index (χ3n) is 3.92. The topological polar surface area (TPSA) is 49.9 Å². The number of rotatable bonds is 5. The lowest BCUT2D eigenvalue weighted by Crippen LogP contribution is -2.53. The van der Waals surface area contributed by atoms with Crippen molar-refractivity contribution in [2.75, 3.05) is 26.2 Å². The third kappa shape index (κ3) is 4.65. The lowest BCUT2D eigenvalue weighted by atomic mass is 10.1. The van der Waals surface area contributed by atoms with E-state index in [9.17, 15) is 21.6 Å². The van der Waals surface area contributed by atoms with Crippen molar-refractivity contribution in [3.8, 4) is 0 Å². The SMILES string of the molecule is CCN([C@H](c1ccc(Cl)cc1)C(F)(F)F)S(=O)(=O)N1CCO[C@@H](C)C1. The van der Waals surface area contributed by atoms with Gasteiger partial charge in [0.15, 0.2) is 0 Å². The van der Waals surface area contributed by atoms with Gasteiger partial charge >= 0.3 is 6.18 Å². The molecule has 0 unspecified atom stereocenters. The van der Waals surface area contributed by atoms with Gasteiger partial charge in [-0.1, -0.05) is 30.7 Å². The summed E-state index contributed by atoms with van der Waals surface area (Å²) in [5.74, 6) is 0. The van der Waals surface area contributed by atoms with Gasteiger partial charge in [0.2, 0.25) is 0 Å². The molecule has 1 aliphatic heterocycles. The monoisotopic (exact) mass is 400 g/mol. The van der Waals surface area contributed by atoms with Crippen LogP contribution in [0.5, 0.6) is 0 Å². The fraction of sp³-hybridized carbons (Fsp3) is 0.600. The van der Waals surface area contributed by atoms with Crippen molar-refractivity contribution >= 4 is 21.8 Å². The number of alkyl halides is 3. The summed E-state index contributed by atoms with van der Waals surface area (Å²) >= 11 is 5.74. The zero-order chi connectivity index (χ0) is 18.8. The summed E-state index contributed by atoms with van der Waals surface area (Å²) in [7, 11) is -4.31. The molecule has 1 aliphatic rings. The first-order chi connectivity index (χ1) is 11.6. The molecule has 2 atom stereocenters. The Balaban J connectivity index is 2.44. The Kier molecular flexibility index (Phi) is 6.37. The molecule has 0 aromatic heterocycles. The minimum Gasteiger partial charge on any atom is -0.376 e. The summed E-state index contributed by atoms with van der Waals surface area (Å²) in [6.45, 7) is 2.93. The van der Waals surface area contributed by atoms with Crippen LogP contribution in [0.1, 0.15) is 25.5 Å². The Bertz CT molecular complexity index is 682. The maximum atomic E-state index is 13.7. The Morgan fingerprint density at radius 1 is 1.36 bits per heavy atom. The molecule has 0 N–H and O–H groups in total. The maximum absolute atomic E-state index is 13.7. The summed E-state index contributed by atoms with van der Waals surface area (Å²) < 4.78 is 73.7. The van der Waals surface area contributed by atoms with Crippen molar-refractivity contribution < 1.29 is 26.3 Å². The predicted octanol–water partition coefficient (Wildman–Crippen LogP) is 3.23. The smallest absolute Gasteiger partial charge is 0.376 e. The molecule has 0 amide bonds. The number of morpholine rings is 1. The lowest BCUT2D eigenvalue weighted by Gasteiger charge is -2.38. The first-order valence-corrected chi connectivity index (χ1v) is 9.55. The van der Waals surface area contributed by atoms with E-state index in [0.29, 0.717) is 4.31 Å². The van der Waals surface area contributed by atoms with Crippen LogP contribution in [0.15, 0.2) is 24.3 Å². The van der Waals surface area contributed by atoms with Crippen LogP contribution >= 0.6 is 11.6 Å². The van der Waals surface area contributed by atoms with Gasteiger partial charge in [-0.2, -0.15) is 30.2 Å². The van der Waals surface area contributed by atoms with Crippen molar-refractivity contribution in [2.24, 2.45) is 0 Å². The van der Waals surface area contributed by atoms with Gasteiger partial charge in [0.05, 0.1) is 12.7 Å². The standard InChI is InChI=1S/C15H20ClF3N2O3S/c1-3-21(25(22,23)20-8-9-24-11(2)10-20)14(15(17,18)19)12-4-6-13(16)7-5-12/h4-7,11,14H,3,8-10H2,1-2H3/t11-,14+/m0/s1. The largest absolute Gasteiger partial charge is 0.409 e. The van der Waals surface area contributed by atoms with E-state index in [2.05, 4.69) is 0 Å². The summed E-state index contributed by atoms with van der Waals surface area (Å²) in [6, 6.07) is 2.74. The Labute approximate surface area is 150 Å². The molecular formula is C15H20ClF3N2O3S. The van der Waals surface area contributed by atoms with Gasteiger partial charge in [-0.3, -0.25) is 0 Å². The van der Waals surface area contributed by atoms with Crippen molar-refractivity contribution in [1.82, 2.24) is 8.61 Å². The number of benzene rings is 1.